The largest absolute Gasteiger partial charge is 0.504 e. The molecule has 2 aliphatic carbocycles. The van der Waals surface area contributed by atoms with Crippen molar-refractivity contribution >= 4 is 5.78 Å². The highest BCUT2D eigenvalue weighted by molar-refractivity contribution is 5.88. The van der Waals surface area contributed by atoms with Gasteiger partial charge in [0.1, 0.15) is 0 Å². The molecule has 128 valence electrons. The number of likely N-dealkylation sites (N-methyl/N-ethyl adjacent to an activating group) is 1. The van der Waals surface area contributed by atoms with Crippen molar-refractivity contribution in [2.24, 2.45) is 5.92 Å². The van der Waals surface area contributed by atoms with Crippen molar-refractivity contribution in [2.75, 3.05) is 13.1 Å². The number of hydrogen-bond donors (Lipinski definition) is 1. The number of carbonyl (C=O) groups excluding carboxylic acids is 1. The van der Waals surface area contributed by atoms with E-state index in [-0.39, 0.29) is 16.9 Å². The molecule has 1 heterocycles. The molecule has 4 rings (SSSR count). The fourth-order valence-electron chi connectivity index (χ4n) is 5.38. The van der Waals surface area contributed by atoms with E-state index in [2.05, 4.69) is 25.3 Å². The molecule has 3 aliphatic rings. The minimum atomic E-state index is -0.455. The van der Waals surface area contributed by atoms with E-state index in [1.165, 1.54) is 5.56 Å². The van der Waals surface area contributed by atoms with Crippen LogP contribution in [0.1, 0.15) is 37.8 Å². The number of nitrogens with zero attached hydrogens (tertiary/aromatic N) is 1. The Labute approximate surface area is 143 Å². The Morgan fingerprint density at radius 3 is 3.00 bits per heavy atom. The molecule has 0 spiro atoms. The Morgan fingerprint density at radius 1 is 1.50 bits per heavy atom. The summed E-state index contributed by atoms with van der Waals surface area (Å²) in [6.45, 7) is 10.1. The second kappa shape index (κ2) is 5.35. The molecule has 1 saturated carbocycles. The number of hydrogen-bond acceptors (Lipinski definition) is 4. The maximum Gasteiger partial charge on any atom is 0.174 e. The lowest BCUT2D eigenvalue weighted by Gasteiger charge is -2.51. The number of rotatable bonds is 4. The lowest BCUT2D eigenvalue weighted by Crippen LogP contribution is -2.60. The SMILES string of the molecule is C=CCN(CC)[C@@H]1Cc2ccc(O)c3c2[C@@]2(C)[C@@H](O3)C(=O)CC[C@@H]12. The average molecular weight is 327 g/mol. The molecule has 0 aromatic heterocycles. The number of ketones is 1. The predicted molar refractivity (Wildman–Crippen MR) is 92.5 cm³/mol. The summed E-state index contributed by atoms with van der Waals surface area (Å²) in [7, 11) is 0. The van der Waals surface area contributed by atoms with E-state index in [1.54, 1.807) is 6.07 Å². The quantitative estimate of drug-likeness (QED) is 0.864. The molecule has 24 heavy (non-hydrogen) atoms. The predicted octanol–water partition coefficient (Wildman–Crippen LogP) is 2.82. The normalized spacial score (nSPS) is 33.3. The summed E-state index contributed by atoms with van der Waals surface area (Å²) in [5, 5.41) is 10.3. The molecule has 1 aromatic carbocycles. The summed E-state index contributed by atoms with van der Waals surface area (Å²) in [4.78, 5) is 15.0. The van der Waals surface area contributed by atoms with Gasteiger partial charge in [-0.15, -0.1) is 6.58 Å². The van der Waals surface area contributed by atoms with Crippen LogP contribution in [0.5, 0.6) is 11.5 Å². The van der Waals surface area contributed by atoms with Crippen LogP contribution in [0.15, 0.2) is 24.8 Å². The summed E-state index contributed by atoms with van der Waals surface area (Å²) in [5.41, 5.74) is 1.96. The average Bonchev–Trinajstić information content (AvgIpc) is 2.90. The van der Waals surface area contributed by atoms with Crippen LogP contribution in [0.2, 0.25) is 0 Å². The van der Waals surface area contributed by atoms with Crippen LogP contribution in [-0.2, 0) is 16.6 Å². The van der Waals surface area contributed by atoms with Gasteiger partial charge < -0.3 is 9.84 Å². The molecule has 4 heteroatoms. The molecule has 4 nitrogen and oxygen atoms in total. The zero-order valence-electron chi connectivity index (χ0n) is 14.4. The van der Waals surface area contributed by atoms with Crippen LogP contribution >= 0.6 is 0 Å². The first-order valence-corrected chi connectivity index (χ1v) is 8.92. The van der Waals surface area contributed by atoms with Crippen LogP contribution in [0, 0.1) is 5.92 Å². The van der Waals surface area contributed by atoms with Crippen LogP contribution in [0.4, 0.5) is 0 Å². The third-order valence-electron chi connectivity index (χ3n) is 6.44. The van der Waals surface area contributed by atoms with E-state index in [4.69, 9.17) is 4.74 Å². The monoisotopic (exact) mass is 327 g/mol. The van der Waals surface area contributed by atoms with Gasteiger partial charge in [0.15, 0.2) is 23.4 Å². The third kappa shape index (κ3) is 1.86. The standard InChI is InChI=1S/C20H25NO3/c1-4-10-21(5-2)14-11-12-6-8-15(22)18-17(12)20(3)13(14)7-9-16(23)19(20)24-18/h4,6,8,13-14,19,22H,1,5,7,9-11H2,2-3H3/t13-,14+,19-,20-/m0/s1. The second-order valence-corrected chi connectivity index (χ2v) is 7.49. The topological polar surface area (TPSA) is 49.8 Å². The minimum Gasteiger partial charge on any atom is -0.504 e. The number of ether oxygens (including phenoxy) is 1. The Morgan fingerprint density at radius 2 is 2.29 bits per heavy atom. The van der Waals surface area contributed by atoms with Crippen LogP contribution in [0.3, 0.4) is 0 Å². The first kappa shape index (κ1) is 15.7. The van der Waals surface area contributed by atoms with Crippen molar-refractivity contribution in [1.29, 1.82) is 0 Å². The smallest absolute Gasteiger partial charge is 0.174 e. The maximum absolute atomic E-state index is 12.6. The van der Waals surface area contributed by atoms with Gasteiger partial charge >= 0.3 is 0 Å². The summed E-state index contributed by atoms with van der Waals surface area (Å²) in [5.74, 6) is 1.23. The molecule has 0 radical (unpaired) electrons. The molecule has 0 amide bonds. The van der Waals surface area contributed by atoms with Gasteiger partial charge in [-0.25, -0.2) is 0 Å². The van der Waals surface area contributed by atoms with Crippen LogP contribution in [-0.4, -0.2) is 41.0 Å². The number of aromatic hydroxyl groups is 1. The highest BCUT2D eigenvalue weighted by Crippen LogP contribution is 2.59. The highest BCUT2D eigenvalue weighted by Gasteiger charge is 2.61. The van der Waals surface area contributed by atoms with Crippen molar-refractivity contribution in [3.8, 4) is 11.5 Å². The molecule has 1 aliphatic heterocycles. The fourth-order valence-corrected chi connectivity index (χ4v) is 5.38. The molecule has 0 bridgehead atoms. The molecule has 1 fully saturated rings. The highest BCUT2D eigenvalue weighted by atomic mass is 16.5. The molecule has 0 saturated heterocycles. The molecule has 4 atom stereocenters. The number of phenolic OH excluding ortho intramolecular Hbond substituents is 1. The third-order valence-corrected chi connectivity index (χ3v) is 6.44. The van der Waals surface area contributed by atoms with E-state index in [0.29, 0.717) is 24.1 Å². The van der Waals surface area contributed by atoms with Gasteiger partial charge in [0.25, 0.3) is 0 Å². The van der Waals surface area contributed by atoms with Crippen molar-refractivity contribution in [2.45, 2.75) is 50.7 Å². The number of Topliss-reactive ketones (excluding diaryl/α,β-unsaturated/α-hetero) is 1. The Balaban J connectivity index is 1.88. The van der Waals surface area contributed by atoms with Gasteiger partial charge in [-0.05, 0) is 36.9 Å². The summed E-state index contributed by atoms with van der Waals surface area (Å²) >= 11 is 0. The Kier molecular flexibility index (Phi) is 3.50. The Hall–Kier alpha value is -1.81. The van der Waals surface area contributed by atoms with Crippen molar-refractivity contribution in [3.05, 3.63) is 35.9 Å². The van der Waals surface area contributed by atoms with Crippen LogP contribution in [0.25, 0.3) is 0 Å². The van der Waals surface area contributed by atoms with Crippen molar-refractivity contribution in [3.63, 3.8) is 0 Å². The van der Waals surface area contributed by atoms with E-state index in [1.807, 2.05) is 12.1 Å². The number of carbonyl (C=O) groups is 1. The van der Waals surface area contributed by atoms with Gasteiger partial charge in [0.2, 0.25) is 0 Å². The van der Waals surface area contributed by atoms with Gasteiger partial charge in [0.05, 0.1) is 0 Å². The zero-order valence-corrected chi connectivity index (χ0v) is 14.4. The molecule has 1 aromatic rings. The van der Waals surface area contributed by atoms with Gasteiger partial charge in [-0.2, -0.15) is 0 Å². The lowest BCUT2D eigenvalue weighted by atomic mass is 9.55. The number of phenols is 1. The molecular formula is C20H25NO3. The van der Waals surface area contributed by atoms with E-state index < -0.39 is 6.10 Å². The van der Waals surface area contributed by atoms with E-state index >= 15 is 0 Å². The first-order valence-electron chi connectivity index (χ1n) is 8.92. The molecule has 0 unspecified atom stereocenters. The van der Waals surface area contributed by atoms with Gasteiger partial charge in [0, 0.05) is 30.0 Å². The first-order chi connectivity index (χ1) is 11.5. The fraction of sp³-hybridized carbons (Fsp3) is 0.550. The van der Waals surface area contributed by atoms with E-state index in [0.717, 1.165) is 31.5 Å². The number of benzene rings is 1. The summed E-state index contributed by atoms with van der Waals surface area (Å²) in [6.07, 6.45) is 3.90. The molecule has 1 N–H and O–H groups in total. The maximum atomic E-state index is 12.6. The summed E-state index contributed by atoms with van der Waals surface area (Å²) < 4.78 is 6.03. The molecular weight excluding hydrogens is 302 g/mol. The second-order valence-electron chi connectivity index (χ2n) is 7.49. The van der Waals surface area contributed by atoms with Gasteiger partial charge in [-0.3, -0.25) is 9.69 Å². The van der Waals surface area contributed by atoms with Crippen molar-refractivity contribution < 1.29 is 14.6 Å². The van der Waals surface area contributed by atoms with Crippen LogP contribution < -0.4 is 4.74 Å². The lowest BCUT2D eigenvalue weighted by molar-refractivity contribution is -0.134. The zero-order chi connectivity index (χ0) is 17.1. The van der Waals surface area contributed by atoms with Gasteiger partial charge in [-0.1, -0.05) is 26.0 Å². The Bertz CT molecular complexity index is 713. The summed E-state index contributed by atoms with van der Waals surface area (Å²) in [6, 6.07) is 4.09. The van der Waals surface area contributed by atoms with Crippen molar-refractivity contribution in [1.82, 2.24) is 4.90 Å². The minimum absolute atomic E-state index is 0.160. The van der Waals surface area contributed by atoms with E-state index in [9.17, 15) is 9.90 Å².